The summed E-state index contributed by atoms with van der Waals surface area (Å²) in [5.74, 6) is 0.0321. The number of hydrogen-bond acceptors (Lipinski definition) is 3. The van der Waals surface area contributed by atoms with Crippen LogP contribution in [-0.4, -0.2) is 21.5 Å². The van der Waals surface area contributed by atoms with Crippen molar-refractivity contribution in [2.75, 3.05) is 0 Å². The van der Waals surface area contributed by atoms with Crippen LogP contribution in [-0.2, 0) is 19.4 Å². The van der Waals surface area contributed by atoms with Gasteiger partial charge in [0.15, 0.2) is 0 Å². The summed E-state index contributed by atoms with van der Waals surface area (Å²) in [7, 11) is 0. The summed E-state index contributed by atoms with van der Waals surface area (Å²) >= 11 is 1.64. The largest absolute Gasteiger partial charge is 0.347 e. The van der Waals surface area contributed by atoms with Crippen LogP contribution in [0, 0.1) is 0 Å². The van der Waals surface area contributed by atoms with Crippen LogP contribution in [0.15, 0.2) is 24.8 Å². The number of aryl methyl sites for hydroxylation is 2. The van der Waals surface area contributed by atoms with Crippen molar-refractivity contribution in [3.63, 3.8) is 0 Å². The van der Waals surface area contributed by atoms with E-state index in [9.17, 15) is 4.79 Å². The smallest absolute Gasteiger partial charge is 0.261 e. The molecule has 1 amide bonds. The summed E-state index contributed by atoms with van der Waals surface area (Å²) in [4.78, 5) is 18.5. The third-order valence-corrected chi connectivity index (χ3v) is 4.64. The lowest BCUT2D eigenvalue weighted by Gasteiger charge is -2.13. The number of rotatable bonds is 7. The predicted molar refractivity (Wildman–Crippen MR) is 86.8 cm³/mol. The van der Waals surface area contributed by atoms with Gasteiger partial charge in [-0.05, 0) is 31.4 Å². The summed E-state index contributed by atoms with van der Waals surface area (Å²) in [6.45, 7) is 7.06. The van der Waals surface area contributed by atoms with Gasteiger partial charge >= 0.3 is 0 Å². The van der Waals surface area contributed by atoms with Gasteiger partial charge in [-0.15, -0.1) is 11.3 Å². The van der Waals surface area contributed by atoms with E-state index in [1.807, 2.05) is 17.7 Å². The quantitative estimate of drug-likeness (QED) is 0.853. The van der Waals surface area contributed by atoms with Crippen LogP contribution < -0.4 is 5.32 Å². The fourth-order valence-corrected chi connectivity index (χ4v) is 3.63. The Morgan fingerprint density at radius 2 is 2.29 bits per heavy atom. The molecular weight excluding hydrogens is 282 g/mol. The summed E-state index contributed by atoms with van der Waals surface area (Å²) in [5.41, 5.74) is 1.31. The third kappa shape index (κ3) is 4.17. The molecule has 2 aromatic rings. The van der Waals surface area contributed by atoms with Crippen LogP contribution in [0.1, 0.15) is 47.3 Å². The number of aromatic nitrogens is 2. The molecule has 0 aliphatic rings. The highest BCUT2D eigenvalue weighted by atomic mass is 32.1. The predicted octanol–water partition coefficient (Wildman–Crippen LogP) is 3.28. The van der Waals surface area contributed by atoms with Crippen molar-refractivity contribution in [3.05, 3.63) is 40.1 Å². The van der Waals surface area contributed by atoms with E-state index in [4.69, 9.17) is 0 Å². The van der Waals surface area contributed by atoms with Gasteiger partial charge in [-0.2, -0.15) is 0 Å². The van der Waals surface area contributed by atoms with E-state index < -0.39 is 0 Å². The third-order valence-electron chi connectivity index (χ3n) is 3.40. The lowest BCUT2D eigenvalue weighted by molar-refractivity contribution is 0.0941. The minimum Gasteiger partial charge on any atom is -0.347 e. The van der Waals surface area contributed by atoms with Gasteiger partial charge in [0.05, 0.1) is 11.2 Å². The molecule has 5 heteroatoms. The van der Waals surface area contributed by atoms with Gasteiger partial charge in [0, 0.05) is 29.9 Å². The first-order valence-corrected chi connectivity index (χ1v) is 8.33. The molecule has 21 heavy (non-hydrogen) atoms. The first-order valence-electron chi connectivity index (χ1n) is 7.52. The van der Waals surface area contributed by atoms with Gasteiger partial charge in [0.2, 0.25) is 0 Å². The number of carbonyl (C=O) groups is 1. The van der Waals surface area contributed by atoms with E-state index in [1.54, 1.807) is 23.9 Å². The highest BCUT2D eigenvalue weighted by Gasteiger charge is 2.15. The van der Waals surface area contributed by atoms with Gasteiger partial charge in [0.25, 0.3) is 5.91 Å². The van der Waals surface area contributed by atoms with Crippen LogP contribution in [0.4, 0.5) is 0 Å². The lowest BCUT2D eigenvalue weighted by atomic mass is 10.1. The molecule has 0 radical (unpaired) electrons. The van der Waals surface area contributed by atoms with E-state index in [0.717, 1.165) is 30.7 Å². The zero-order valence-electron chi connectivity index (χ0n) is 12.9. The van der Waals surface area contributed by atoms with Gasteiger partial charge in [-0.1, -0.05) is 20.3 Å². The van der Waals surface area contributed by atoms with Crippen molar-refractivity contribution in [3.8, 4) is 0 Å². The highest BCUT2D eigenvalue weighted by molar-refractivity contribution is 7.14. The minimum atomic E-state index is 0.0321. The first-order chi connectivity index (χ1) is 10.1. The average Bonchev–Trinajstić information content (AvgIpc) is 3.08. The summed E-state index contributed by atoms with van der Waals surface area (Å²) in [5, 5.41) is 3.06. The second-order valence-electron chi connectivity index (χ2n) is 5.30. The Morgan fingerprint density at radius 3 is 2.90 bits per heavy atom. The average molecular weight is 305 g/mol. The Bertz CT molecular complexity index is 574. The molecule has 1 atom stereocenters. The molecule has 1 N–H and O–H groups in total. The van der Waals surface area contributed by atoms with Crippen molar-refractivity contribution in [2.45, 2.75) is 52.6 Å². The Labute approximate surface area is 130 Å². The van der Waals surface area contributed by atoms with E-state index >= 15 is 0 Å². The maximum absolute atomic E-state index is 12.3. The van der Waals surface area contributed by atoms with Crippen molar-refractivity contribution in [1.29, 1.82) is 0 Å². The number of nitrogens with zero attached hydrogens (tertiary/aromatic N) is 2. The van der Waals surface area contributed by atoms with Crippen LogP contribution in [0.25, 0.3) is 0 Å². The molecule has 1 unspecified atom stereocenters. The number of imidazole rings is 1. The monoisotopic (exact) mass is 305 g/mol. The molecule has 0 bridgehead atoms. The highest BCUT2D eigenvalue weighted by Crippen LogP contribution is 2.24. The number of carbonyl (C=O) groups excluding carboxylic acids is 1. The lowest BCUT2D eigenvalue weighted by Crippen LogP contribution is -2.35. The topological polar surface area (TPSA) is 46.9 Å². The molecule has 0 spiro atoms. The number of thiophene rings is 1. The number of nitrogens with one attached hydrogen (secondary N) is 1. The van der Waals surface area contributed by atoms with Crippen LogP contribution in [0.5, 0.6) is 0 Å². The second kappa shape index (κ2) is 7.41. The molecule has 0 saturated heterocycles. The van der Waals surface area contributed by atoms with Crippen LogP contribution >= 0.6 is 11.3 Å². The van der Waals surface area contributed by atoms with E-state index in [0.29, 0.717) is 0 Å². The Kier molecular flexibility index (Phi) is 5.56. The van der Waals surface area contributed by atoms with E-state index in [-0.39, 0.29) is 11.9 Å². The fourth-order valence-electron chi connectivity index (χ4n) is 2.37. The van der Waals surface area contributed by atoms with Gasteiger partial charge in [-0.3, -0.25) is 4.79 Å². The molecule has 2 aromatic heterocycles. The molecule has 0 saturated carbocycles. The van der Waals surface area contributed by atoms with E-state index in [2.05, 4.69) is 30.2 Å². The number of amides is 1. The van der Waals surface area contributed by atoms with Gasteiger partial charge < -0.3 is 9.88 Å². The maximum Gasteiger partial charge on any atom is 0.261 e. The molecule has 4 nitrogen and oxygen atoms in total. The molecule has 2 rings (SSSR count). The second-order valence-corrected chi connectivity index (χ2v) is 6.43. The molecule has 0 aliphatic heterocycles. The van der Waals surface area contributed by atoms with Crippen molar-refractivity contribution < 1.29 is 4.79 Å². The summed E-state index contributed by atoms with van der Waals surface area (Å²) < 4.78 is 1.97. The number of hydrogen-bond donors (Lipinski definition) is 1. The Morgan fingerprint density at radius 1 is 1.48 bits per heavy atom. The van der Waals surface area contributed by atoms with Gasteiger partial charge in [0.1, 0.15) is 0 Å². The van der Waals surface area contributed by atoms with Crippen molar-refractivity contribution in [1.82, 2.24) is 14.9 Å². The summed E-state index contributed by atoms with van der Waals surface area (Å²) in [6.07, 6.45) is 8.59. The molecule has 0 aromatic carbocycles. The zero-order valence-corrected chi connectivity index (χ0v) is 13.7. The standard InChI is InChI=1S/C16H23N3OS/c1-4-6-14-13(5-2)9-15(21-14)16(20)18-12(3)10-19-8-7-17-11-19/h7-9,11-12H,4-6,10H2,1-3H3,(H,18,20). The zero-order chi connectivity index (χ0) is 15.2. The van der Waals surface area contributed by atoms with Gasteiger partial charge in [-0.25, -0.2) is 4.98 Å². The Hall–Kier alpha value is -1.62. The van der Waals surface area contributed by atoms with Crippen molar-refractivity contribution in [2.24, 2.45) is 0 Å². The molecular formula is C16H23N3OS. The molecule has 0 fully saturated rings. The van der Waals surface area contributed by atoms with Crippen LogP contribution in [0.2, 0.25) is 0 Å². The minimum absolute atomic E-state index is 0.0321. The van der Waals surface area contributed by atoms with E-state index in [1.165, 1.54) is 10.4 Å². The molecule has 114 valence electrons. The normalized spacial score (nSPS) is 12.3. The fraction of sp³-hybridized carbons (Fsp3) is 0.500. The maximum atomic E-state index is 12.3. The molecule has 0 aliphatic carbocycles. The first kappa shape index (κ1) is 15.8. The SMILES string of the molecule is CCCc1sc(C(=O)NC(C)Cn2ccnc2)cc1CC. The van der Waals surface area contributed by atoms with Crippen molar-refractivity contribution >= 4 is 17.2 Å². The summed E-state index contributed by atoms with van der Waals surface area (Å²) in [6, 6.07) is 2.13. The van der Waals surface area contributed by atoms with Crippen LogP contribution in [0.3, 0.4) is 0 Å². The molecule has 2 heterocycles. The Balaban J connectivity index is 1.99.